The maximum Gasteiger partial charge on any atom is 0.119 e. The molecule has 0 spiro atoms. The van der Waals surface area contributed by atoms with Gasteiger partial charge in [-0.15, -0.1) is 0 Å². The summed E-state index contributed by atoms with van der Waals surface area (Å²) >= 11 is 0. The first-order valence-corrected chi connectivity index (χ1v) is 9.53. The second-order valence-corrected chi connectivity index (χ2v) is 7.35. The molecule has 0 unspecified atom stereocenters. The van der Waals surface area contributed by atoms with Crippen molar-refractivity contribution in [3.8, 4) is 11.5 Å². The number of piperidine rings is 1. The molecule has 138 valence electrons. The Morgan fingerprint density at radius 1 is 1.04 bits per heavy atom. The number of benzene rings is 2. The monoisotopic (exact) mass is 352 g/mol. The number of fused-ring (bicyclic) bond motifs is 1. The van der Waals surface area contributed by atoms with Crippen LogP contribution in [-0.2, 0) is 6.54 Å². The number of rotatable bonds is 5. The molecule has 2 fully saturated rings. The molecule has 4 heteroatoms. The number of likely N-dealkylation sites (tertiary alicyclic amines) is 1. The zero-order valence-corrected chi connectivity index (χ0v) is 15.7. The van der Waals surface area contributed by atoms with E-state index in [0.29, 0.717) is 18.0 Å². The summed E-state index contributed by atoms with van der Waals surface area (Å²) in [5.41, 5.74) is 2.70. The molecule has 2 saturated heterocycles. The summed E-state index contributed by atoms with van der Waals surface area (Å²) in [5, 5.41) is 3.80. The van der Waals surface area contributed by atoms with Gasteiger partial charge in [0.2, 0.25) is 0 Å². The molecular formula is C22H28N2O2. The molecule has 2 aromatic rings. The molecule has 2 aliphatic heterocycles. The van der Waals surface area contributed by atoms with Gasteiger partial charge in [0.05, 0.1) is 14.2 Å². The van der Waals surface area contributed by atoms with Crippen LogP contribution < -0.4 is 14.8 Å². The van der Waals surface area contributed by atoms with Crippen LogP contribution in [0.2, 0.25) is 0 Å². The summed E-state index contributed by atoms with van der Waals surface area (Å²) in [5.74, 6) is 2.38. The Morgan fingerprint density at radius 2 is 1.81 bits per heavy atom. The van der Waals surface area contributed by atoms with Crippen LogP contribution in [0.25, 0.3) is 0 Å². The molecule has 4 rings (SSSR count). The van der Waals surface area contributed by atoms with Crippen molar-refractivity contribution < 1.29 is 9.47 Å². The largest absolute Gasteiger partial charge is 0.497 e. The van der Waals surface area contributed by atoms with Crippen LogP contribution in [0.4, 0.5) is 0 Å². The molecule has 0 aliphatic carbocycles. The lowest BCUT2D eigenvalue weighted by atomic mass is 9.87. The van der Waals surface area contributed by atoms with Gasteiger partial charge in [-0.3, -0.25) is 4.90 Å². The normalized spacial score (nSPS) is 25.7. The fourth-order valence-corrected chi connectivity index (χ4v) is 4.59. The van der Waals surface area contributed by atoms with Crippen LogP contribution in [0, 0.1) is 0 Å². The summed E-state index contributed by atoms with van der Waals surface area (Å²) in [6, 6.07) is 18.1. The summed E-state index contributed by atoms with van der Waals surface area (Å²) in [4.78, 5) is 2.65. The van der Waals surface area contributed by atoms with Gasteiger partial charge >= 0.3 is 0 Å². The number of nitrogens with zero attached hydrogens (tertiary/aromatic N) is 1. The van der Waals surface area contributed by atoms with Crippen molar-refractivity contribution in [2.75, 3.05) is 27.3 Å². The highest BCUT2D eigenvalue weighted by Gasteiger charge is 2.43. The van der Waals surface area contributed by atoms with E-state index in [4.69, 9.17) is 9.47 Å². The fourth-order valence-electron chi connectivity index (χ4n) is 4.59. The Morgan fingerprint density at radius 3 is 2.62 bits per heavy atom. The molecule has 4 nitrogen and oxygen atoms in total. The topological polar surface area (TPSA) is 33.7 Å². The van der Waals surface area contributed by atoms with Crippen LogP contribution >= 0.6 is 0 Å². The predicted molar refractivity (Wildman–Crippen MR) is 104 cm³/mol. The zero-order chi connectivity index (χ0) is 17.9. The van der Waals surface area contributed by atoms with Crippen molar-refractivity contribution in [1.29, 1.82) is 0 Å². The predicted octanol–water partition coefficient (Wildman–Crippen LogP) is 3.42. The van der Waals surface area contributed by atoms with E-state index in [9.17, 15) is 0 Å². The average molecular weight is 352 g/mol. The molecule has 2 aliphatic rings. The van der Waals surface area contributed by atoms with E-state index >= 15 is 0 Å². The lowest BCUT2D eigenvalue weighted by Crippen LogP contribution is -2.48. The van der Waals surface area contributed by atoms with Crippen LogP contribution in [0.5, 0.6) is 11.5 Å². The fraction of sp³-hybridized carbons (Fsp3) is 0.455. The Kier molecular flexibility index (Phi) is 5.14. The molecule has 0 amide bonds. The maximum absolute atomic E-state index is 5.45. The second-order valence-electron chi connectivity index (χ2n) is 7.35. The van der Waals surface area contributed by atoms with Gasteiger partial charge < -0.3 is 14.8 Å². The molecule has 0 bridgehead atoms. The summed E-state index contributed by atoms with van der Waals surface area (Å²) < 4.78 is 10.8. The highest BCUT2D eigenvalue weighted by Crippen LogP contribution is 2.38. The van der Waals surface area contributed by atoms with E-state index in [1.54, 1.807) is 14.2 Å². The van der Waals surface area contributed by atoms with Crippen molar-refractivity contribution in [3.05, 3.63) is 59.7 Å². The molecular weight excluding hydrogens is 324 g/mol. The molecule has 2 aromatic carbocycles. The molecule has 26 heavy (non-hydrogen) atoms. The third kappa shape index (κ3) is 3.44. The van der Waals surface area contributed by atoms with E-state index in [1.165, 1.54) is 24.0 Å². The molecule has 3 atom stereocenters. The molecule has 0 saturated carbocycles. The van der Waals surface area contributed by atoms with Gasteiger partial charge in [0.1, 0.15) is 11.5 Å². The van der Waals surface area contributed by atoms with Crippen LogP contribution in [0.15, 0.2) is 48.5 Å². The Hall–Kier alpha value is -2.04. The molecule has 2 heterocycles. The quantitative estimate of drug-likeness (QED) is 0.894. The van der Waals surface area contributed by atoms with Gasteiger partial charge in [0.25, 0.3) is 0 Å². The first-order valence-electron chi connectivity index (χ1n) is 9.53. The Labute approximate surface area is 156 Å². The first-order chi connectivity index (χ1) is 12.8. The van der Waals surface area contributed by atoms with Crippen LogP contribution in [0.3, 0.4) is 0 Å². The highest BCUT2D eigenvalue weighted by atomic mass is 16.5. The summed E-state index contributed by atoms with van der Waals surface area (Å²) in [7, 11) is 3.47. The Bertz CT molecular complexity index is 748. The molecule has 0 radical (unpaired) electrons. The maximum atomic E-state index is 5.45. The van der Waals surface area contributed by atoms with Gasteiger partial charge in [-0.05, 0) is 54.8 Å². The number of hydrogen-bond donors (Lipinski definition) is 1. The van der Waals surface area contributed by atoms with Crippen molar-refractivity contribution in [1.82, 2.24) is 10.2 Å². The summed E-state index contributed by atoms with van der Waals surface area (Å²) in [6.07, 6.45) is 2.52. The van der Waals surface area contributed by atoms with E-state index < -0.39 is 0 Å². The van der Waals surface area contributed by atoms with Crippen LogP contribution in [-0.4, -0.2) is 44.3 Å². The number of hydrogen-bond acceptors (Lipinski definition) is 4. The van der Waals surface area contributed by atoms with Crippen molar-refractivity contribution in [2.24, 2.45) is 0 Å². The lowest BCUT2D eigenvalue weighted by Gasteiger charge is -2.33. The standard InChI is InChI=1S/C22H28N2O2/c1-25-18-8-3-6-16(12-18)14-24-15-20(22-21(24)10-5-11-23-22)17-7-4-9-19(13-17)26-2/h3-4,6-9,12-13,20-23H,5,10-11,14-15H2,1-2H3/t20-,21-,22-/m1/s1. The van der Waals surface area contributed by atoms with Crippen molar-refractivity contribution in [3.63, 3.8) is 0 Å². The van der Waals surface area contributed by atoms with Gasteiger partial charge in [0.15, 0.2) is 0 Å². The van der Waals surface area contributed by atoms with Gasteiger partial charge in [-0.25, -0.2) is 0 Å². The van der Waals surface area contributed by atoms with E-state index in [0.717, 1.165) is 31.1 Å². The minimum atomic E-state index is 0.501. The smallest absolute Gasteiger partial charge is 0.119 e. The van der Waals surface area contributed by atoms with Crippen molar-refractivity contribution in [2.45, 2.75) is 37.4 Å². The lowest BCUT2D eigenvalue weighted by molar-refractivity contribution is 0.193. The van der Waals surface area contributed by atoms with Gasteiger partial charge in [-0.2, -0.15) is 0 Å². The minimum absolute atomic E-state index is 0.501. The highest BCUT2D eigenvalue weighted by molar-refractivity contribution is 5.34. The zero-order valence-electron chi connectivity index (χ0n) is 15.7. The SMILES string of the molecule is COc1cccc(CN2C[C@H](c3cccc(OC)c3)[C@H]3NCCC[C@H]32)c1. The number of methoxy groups -OCH3 is 2. The van der Waals surface area contributed by atoms with Crippen molar-refractivity contribution >= 4 is 0 Å². The van der Waals surface area contributed by atoms with E-state index in [2.05, 4.69) is 46.6 Å². The first kappa shape index (κ1) is 17.4. The van der Waals surface area contributed by atoms with Gasteiger partial charge in [-0.1, -0.05) is 24.3 Å². The number of ether oxygens (including phenoxy) is 2. The third-order valence-corrected chi connectivity index (χ3v) is 5.85. The molecule has 0 aromatic heterocycles. The average Bonchev–Trinajstić information content (AvgIpc) is 3.07. The number of nitrogens with one attached hydrogen (secondary N) is 1. The molecule has 1 N–H and O–H groups in total. The second kappa shape index (κ2) is 7.68. The van der Waals surface area contributed by atoms with E-state index in [1.807, 2.05) is 12.1 Å². The van der Waals surface area contributed by atoms with Crippen LogP contribution in [0.1, 0.15) is 29.9 Å². The van der Waals surface area contributed by atoms with Gasteiger partial charge in [0, 0.05) is 31.1 Å². The minimum Gasteiger partial charge on any atom is -0.497 e. The van der Waals surface area contributed by atoms with E-state index in [-0.39, 0.29) is 0 Å². The third-order valence-electron chi connectivity index (χ3n) is 5.85. The Balaban J connectivity index is 1.57. The summed E-state index contributed by atoms with van der Waals surface area (Å²) in [6.45, 7) is 3.17.